The molecule has 0 saturated carbocycles. The third kappa shape index (κ3) is 4.19. The Morgan fingerprint density at radius 2 is 1.94 bits per heavy atom. The fourth-order valence-electron chi connectivity index (χ4n) is 1.58. The van der Waals surface area contributed by atoms with Gasteiger partial charge in [0.15, 0.2) is 0 Å². The van der Waals surface area contributed by atoms with E-state index in [1.54, 1.807) is 12.4 Å². The van der Waals surface area contributed by atoms with Crippen LogP contribution in [-0.2, 0) is 6.42 Å². The molecule has 0 atom stereocenters. The van der Waals surface area contributed by atoms with Crippen LogP contribution in [0.3, 0.4) is 0 Å². The lowest BCUT2D eigenvalue weighted by molar-refractivity contribution is 0.309. The summed E-state index contributed by atoms with van der Waals surface area (Å²) in [6.07, 6.45) is 5.53. The maximum atomic E-state index is 5.62. The van der Waals surface area contributed by atoms with E-state index >= 15 is 0 Å². The van der Waals surface area contributed by atoms with Crippen LogP contribution < -0.4 is 4.74 Å². The summed E-state index contributed by atoms with van der Waals surface area (Å²) in [5, 5.41) is 0. The highest BCUT2D eigenvalue weighted by molar-refractivity contribution is 9.10. The summed E-state index contributed by atoms with van der Waals surface area (Å²) in [4.78, 5) is 4.05. The second kappa shape index (κ2) is 6.40. The third-order valence-corrected chi connectivity index (χ3v) is 2.83. The van der Waals surface area contributed by atoms with Gasteiger partial charge >= 0.3 is 0 Å². The van der Waals surface area contributed by atoms with Gasteiger partial charge < -0.3 is 4.74 Å². The summed E-state index contributed by atoms with van der Waals surface area (Å²) >= 11 is 3.37. The van der Waals surface area contributed by atoms with E-state index in [2.05, 4.69) is 45.2 Å². The van der Waals surface area contributed by atoms with E-state index in [1.807, 2.05) is 12.1 Å². The monoisotopic (exact) mass is 291 g/mol. The Morgan fingerprint density at radius 1 is 1.12 bits per heavy atom. The molecule has 1 aromatic heterocycles. The van der Waals surface area contributed by atoms with Crippen LogP contribution in [0, 0.1) is 0 Å². The van der Waals surface area contributed by atoms with E-state index < -0.39 is 0 Å². The number of halogens is 1. The zero-order valence-electron chi connectivity index (χ0n) is 9.47. The van der Waals surface area contributed by atoms with Gasteiger partial charge in [0.2, 0.25) is 0 Å². The van der Waals surface area contributed by atoms with Crippen LogP contribution >= 0.6 is 15.9 Å². The lowest BCUT2D eigenvalue weighted by atomic mass is 10.1. The molecule has 3 heteroatoms. The molecule has 1 heterocycles. The van der Waals surface area contributed by atoms with E-state index in [1.165, 1.54) is 5.56 Å². The normalized spacial score (nSPS) is 10.2. The molecule has 0 aliphatic heterocycles. The standard InChI is InChI=1S/C14H14BrNO/c15-13-9-14(11-16-10-13)17-8-4-7-12-5-2-1-3-6-12/h1-3,5-6,9-11H,4,7-8H2. The zero-order chi connectivity index (χ0) is 11.9. The topological polar surface area (TPSA) is 22.1 Å². The highest BCUT2D eigenvalue weighted by Gasteiger charge is 1.96. The second-order valence-corrected chi connectivity index (χ2v) is 4.69. The van der Waals surface area contributed by atoms with Crippen LogP contribution in [0.5, 0.6) is 5.75 Å². The Hall–Kier alpha value is -1.35. The van der Waals surface area contributed by atoms with Gasteiger partial charge in [0.05, 0.1) is 12.8 Å². The molecular weight excluding hydrogens is 278 g/mol. The lowest BCUT2D eigenvalue weighted by Gasteiger charge is -2.05. The number of hydrogen-bond acceptors (Lipinski definition) is 2. The van der Waals surface area contributed by atoms with E-state index in [0.29, 0.717) is 6.61 Å². The predicted octanol–water partition coefficient (Wildman–Crippen LogP) is 3.86. The number of hydrogen-bond donors (Lipinski definition) is 0. The molecule has 0 saturated heterocycles. The molecule has 0 radical (unpaired) electrons. The summed E-state index contributed by atoms with van der Waals surface area (Å²) < 4.78 is 6.56. The average molecular weight is 292 g/mol. The van der Waals surface area contributed by atoms with Crippen molar-refractivity contribution in [2.45, 2.75) is 12.8 Å². The van der Waals surface area contributed by atoms with Crippen molar-refractivity contribution in [3.8, 4) is 5.75 Å². The van der Waals surface area contributed by atoms with Gasteiger partial charge in [-0.3, -0.25) is 4.98 Å². The highest BCUT2D eigenvalue weighted by atomic mass is 79.9. The van der Waals surface area contributed by atoms with Gasteiger partial charge in [0.1, 0.15) is 5.75 Å². The Morgan fingerprint density at radius 3 is 2.71 bits per heavy atom. The first-order valence-corrected chi connectivity index (χ1v) is 6.41. The average Bonchev–Trinajstić information content (AvgIpc) is 2.36. The van der Waals surface area contributed by atoms with Crippen molar-refractivity contribution in [2.75, 3.05) is 6.61 Å². The largest absolute Gasteiger partial charge is 0.492 e. The lowest BCUT2D eigenvalue weighted by Crippen LogP contribution is -1.99. The molecule has 0 fully saturated rings. The molecule has 88 valence electrons. The van der Waals surface area contributed by atoms with Crippen LogP contribution in [-0.4, -0.2) is 11.6 Å². The van der Waals surface area contributed by atoms with Gasteiger partial charge in [-0.2, -0.15) is 0 Å². The van der Waals surface area contributed by atoms with Gasteiger partial charge in [-0.1, -0.05) is 30.3 Å². The quantitative estimate of drug-likeness (QED) is 0.781. The minimum absolute atomic E-state index is 0.715. The summed E-state index contributed by atoms with van der Waals surface area (Å²) in [6.45, 7) is 0.715. The van der Waals surface area contributed by atoms with Crippen molar-refractivity contribution >= 4 is 15.9 Å². The first kappa shape index (κ1) is 12.1. The van der Waals surface area contributed by atoms with Crippen LogP contribution in [0.25, 0.3) is 0 Å². The van der Waals surface area contributed by atoms with Crippen molar-refractivity contribution in [1.29, 1.82) is 0 Å². The molecule has 0 spiro atoms. The molecule has 17 heavy (non-hydrogen) atoms. The molecule has 1 aromatic carbocycles. The Labute approximate surface area is 110 Å². The maximum Gasteiger partial charge on any atom is 0.138 e. The van der Waals surface area contributed by atoms with Gasteiger partial charge in [-0.15, -0.1) is 0 Å². The molecule has 0 unspecified atom stereocenters. The minimum atomic E-state index is 0.715. The molecule has 2 nitrogen and oxygen atoms in total. The molecule has 2 aromatic rings. The molecular formula is C14H14BrNO. The Kier molecular flexibility index (Phi) is 4.56. The molecule has 0 N–H and O–H groups in total. The number of rotatable bonds is 5. The number of nitrogens with zero attached hydrogens (tertiary/aromatic N) is 1. The van der Waals surface area contributed by atoms with Gasteiger partial charge in [-0.25, -0.2) is 0 Å². The number of aromatic nitrogens is 1. The van der Waals surface area contributed by atoms with Crippen LogP contribution in [0.2, 0.25) is 0 Å². The van der Waals surface area contributed by atoms with Crippen LogP contribution in [0.1, 0.15) is 12.0 Å². The molecule has 0 amide bonds. The van der Waals surface area contributed by atoms with Crippen LogP contribution in [0.4, 0.5) is 0 Å². The number of benzene rings is 1. The number of ether oxygens (including phenoxy) is 1. The second-order valence-electron chi connectivity index (χ2n) is 3.78. The summed E-state index contributed by atoms with van der Waals surface area (Å²) in [7, 11) is 0. The van der Waals surface area contributed by atoms with Gasteiger partial charge in [0.25, 0.3) is 0 Å². The van der Waals surface area contributed by atoms with Crippen LogP contribution in [0.15, 0.2) is 53.3 Å². The molecule has 0 bridgehead atoms. The Bertz CT molecular complexity index is 459. The third-order valence-electron chi connectivity index (χ3n) is 2.40. The Balaban J connectivity index is 1.73. The number of pyridine rings is 1. The summed E-state index contributed by atoms with van der Waals surface area (Å²) in [5.74, 6) is 0.812. The van der Waals surface area contributed by atoms with E-state index in [9.17, 15) is 0 Å². The molecule has 0 aliphatic carbocycles. The smallest absolute Gasteiger partial charge is 0.138 e. The minimum Gasteiger partial charge on any atom is -0.492 e. The SMILES string of the molecule is Brc1cncc(OCCCc2ccccc2)c1. The zero-order valence-corrected chi connectivity index (χ0v) is 11.1. The van der Waals surface area contributed by atoms with Crippen molar-refractivity contribution in [1.82, 2.24) is 4.98 Å². The first-order chi connectivity index (χ1) is 8.34. The fourth-order valence-corrected chi connectivity index (χ4v) is 1.93. The van der Waals surface area contributed by atoms with E-state index in [4.69, 9.17) is 4.74 Å². The number of aryl methyl sites for hydroxylation is 1. The predicted molar refractivity (Wildman–Crippen MR) is 72.2 cm³/mol. The van der Waals surface area contributed by atoms with Crippen molar-refractivity contribution in [2.24, 2.45) is 0 Å². The summed E-state index contributed by atoms with van der Waals surface area (Å²) in [5.41, 5.74) is 1.35. The van der Waals surface area contributed by atoms with Crippen molar-refractivity contribution < 1.29 is 4.74 Å². The first-order valence-electron chi connectivity index (χ1n) is 5.62. The van der Waals surface area contributed by atoms with Gasteiger partial charge in [0, 0.05) is 10.7 Å². The highest BCUT2D eigenvalue weighted by Crippen LogP contribution is 2.16. The molecule has 0 aliphatic rings. The van der Waals surface area contributed by atoms with Crippen molar-refractivity contribution in [3.63, 3.8) is 0 Å². The molecule has 2 rings (SSSR count). The van der Waals surface area contributed by atoms with E-state index in [0.717, 1.165) is 23.1 Å². The fraction of sp³-hybridized carbons (Fsp3) is 0.214. The summed E-state index contributed by atoms with van der Waals surface area (Å²) in [6, 6.07) is 12.4. The van der Waals surface area contributed by atoms with Gasteiger partial charge in [-0.05, 0) is 40.4 Å². The van der Waals surface area contributed by atoms with Crippen molar-refractivity contribution in [3.05, 3.63) is 58.8 Å². The van der Waals surface area contributed by atoms with E-state index in [-0.39, 0.29) is 0 Å². The maximum absolute atomic E-state index is 5.62.